The standard InChI is InChI=1S/C42H38O6/c1-27-17-19-35-37(21-27)41(47-25-31(43)23-45-39-15-7-11-29-9-3-5-13-33(29)39)36-20-18-28(2)22-38(36)42(35)48-26-32(44)24-46-40-16-8-12-30-10-4-6-14-34(30)40/h3-22,31-32,43-44H,23-26H2,1-2H3. The minimum absolute atomic E-state index is 0.0429. The first-order valence-electron chi connectivity index (χ1n) is 16.2. The first kappa shape index (κ1) is 31.3. The average molecular weight is 639 g/mol. The molecule has 0 radical (unpaired) electrons. The van der Waals surface area contributed by atoms with Crippen molar-refractivity contribution in [2.75, 3.05) is 26.4 Å². The van der Waals surface area contributed by atoms with E-state index < -0.39 is 12.2 Å². The highest BCUT2D eigenvalue weighted by Gasteiger charge is 2.20. The second-order valence-electron chi connectivity index (χ2n) is 12.3. The zero-order chi connectivity index (χ0) is 33.0. The van der Waals surface area contributed by atoms with Crippen molar-refractivity contribution in [3.05, 3.63) is 132 Å². The van der Waals surface area contributed by atoms with Crippen LogP contribution in [-0.4, -0.2) is 48.8 Å². The number of aryl methyl sites for hydroxylation is 2. The largest absolute Gasteiger partial charge is 0.490 e. The van der Waals surface area contributed by atoms with E-state index >= 15 is 0 Å². The van der Waals surface area contributed by atoms with Crippen molar-refractivity contribution in [2.24, 2.45) is 0 Å². The van der Waals surface area contributed by atoms with E-state index in [1.165, 1.54) is 0 Å². The Bertz CT molecular complexity index is 2060. The number of rotatable bonds is 12. The summed E-state index contributed by atoms with van der Waals surface area (Å²) in [4.78, 5) is 0. The van der Waals surface area contributed by atoms with Crippen LogP contribution in [0.4, 0.5) is 0 Å². The Kier molecular flexibility index (Phi) is 9.01. The quantitative estimate of drug-likeness (QED) is 0.131. The van der Waals surface area contributed by atoms with E-state index in [-0.39, 0.29) is 26.4 Å². The Balaban J connectivity index is 1.11. The van der Waals surface area contributed by atoms with Gasteiger partial charge in [-0.25, -0.2) is 0 Å². The summed E-state index contributed by atoms with van der Waals surface area (Å²) in [6.07, 6.45) is -1.73. The number of fused-ring (bicyclic) bond motifs is 4. The molecule has 0 aromatic heterocycles. The molecule has 0 saturated heterocycles. The summed E-state index contributed by atoms with van der Waals surface area (Å²) in [7, 11) is 0. The maximum Gasteiger partial charge on any atom is 0.135 e. The lowest BCUT2D eigenvalue weighted by Crippen LogP contribution is -2.25. The molecule has 2 N–H and O–H groups in total. The van der Waals surface area contributed by atoms with Crippen molar-refractivity contribution in [3.8, 4) is 23.0 Å². The Labute approximate surface area is 279 Å². The molecule has 2 unspecified atom stereocenters. The third-order valence-corrected chi connectivity index (χ3v) is 8.53. The van der Waals surface area contributed by atoms with Crippen molar-refractivity contribution < 1.29 is 29.2 Å². The molecule has 6 heteroatoms. The van der Waals surface area contributed by atoms with Crippen LogP contribution < -0.4 is 18.9 Å². The van der Waals surface area contributed by atoms with Gasteiger partial charge in [0.1, 0.15) is 61.6 Å². The Morgan fingerprint density at radius 3 is 1.27 bits per heavy atom. The summed E-state index contributed by atoms with van der Waals surface area (Å²) in [5.41, 5.74) is 2.13. The van der Waals surface area contributed by atoms with E-state index in [2.05, 4.69) is 12.1 Å². The third-order valence-electron chi connectivity index (χ3n) is 8.53. The molecule has 0 fully saturated rings. The van der Waals surface area contributed by atoms with Gasteiger partial charge in [0.25, 0.3) is 0 Å². The van der Waals surface area contributed by atoms with Gasteiger partial charge >= 0.3 is 0 Å². The molecule has 0 bridgehead atoms. The SMILES string of the molecule is Cc1ccc2c(OCC(O)COc3cccc4ccccc34)c3cc(C)ccc3c(OCC(O)COc3cccc4ccccc34)c2c1. The van der Waals surface area contributed by atoms with Gasteiger partial charge in [-0.1, -0.05) is 108 Å². The fraction of sp³-hybridized carbons (Fsp3) is 0.190. The fourth-order valence-corrected chi connectivity index (χ4v) is 6.16. The molecule has 48 heavy (non-hydrogen) atoms. The number of hydrogen-bond acceptors (Lipinski definition) is 6. The molecule has 2 atom stereocenters. The molecule has 0 saturated carbocycles. The van der Waals surface area contributed by atoms with Gasteiger partial charge in [0.2, 0.25) is 0 Å². The smallest absolute Gasteiger partial charge is 0.135 e. The van der Waals surface area contributed by atoms with Crippen LogP contribution in [0, 0.1) is 13.8 Å². The highest BCUT2D eigenvalue weighted by molar-refractivity contribution is 6.11. The minimum atomic E-state index is -0.864. The van der Waals surface area contributed by atoms with Crippen LogP contribution in [0.15, 0.2) is 121 Å². The van der Waals surface area contributed by atoms with E-state index in [4.69, 9.17) is 18.9 Å². The molecule has 7 rings (SSSR count). The van der Waals surface area contributed by atoms with Gasteiger partial charge in [-0.3, -0.25) is 0 Å². The fourth-order valence-electron chi connectivity index (χ4n) is 6.16. The molecular weight excluding hydrogens is 600 g/mol. The molecule has 7 aromatic rings. The molecular formula is C42H38O6. The van der Waals surface area contributed by atoms with Crippen molar-refractivity contribution in [2.45, 2.75) is 26.1 Å². The summed E-state index contributed by atoms with van der Waals surface area (Å²) in [6.45, 7) is 4.32. The number of aliphatic hydroxyl groups excluding tert-OH is 2. The molecule has 0 aliphatic carbocycles. The number of benzene rings is 7. The van der Waals surface area contributed by atoms with Gasteiger partial charge in [0.05, 0.1) is 0 Å². The predicted molar refractivity (Wildman–Crippen MR) is 193 cm³/mol. The highest BCUT2D eigenvalue weighted by Crippen LogP contribution is 2.43. The van der Waals surface area contributed by atoms with E-state index in [9.17, 15) is 10.2 Å². The van der Waals surface area contributed by atoms with Gasteiger partial charge < -0.3 is 29.2 Å². The van der Waals surface area contributed by atoms with E-state index in [0.717, 1.165) is 65.7 Å². The summed E-state index contributed by atoms with van der Waals surface area (Å²) in [5.74, 6) is 2.78. The van der Waals surface area contributed by atoms with E-state index in [0.29, 0.717) is 11.5 Å². The molecule has 0 heterocycles. The van der Waals surface area contributed by atoms with Crippen molar-refractivity contribution in [1.29, 1.82) is 0 Å². The third kappa shape index (κ3) is 6.58. The lowest BCUT2D eigenvalue weighted by atomic mass is 9.97. The highest BCUT2D eigenvalue weighted by atomic mass is 16.5. The summed E-state index contributed by atoms with van der Waals surface area (Å²) in [6, 6.07) is 40.1. The zero-order valence-electron chi connectivity index (χ0n) is 27.1. The number of aliphatic hydroxyl groups is 2. The normalized spacial score (nSPS) is 12.8. The lowest BCUT2D eigenvalue weighted by Gasteiger charge is -2.21. The molecule has 0 aliphatic rings. The first-order valence-corrected chi connectivity index (χ1v) is 16.2. The predicted octanol–water partition coefficient (Wildman–Crippen LogP) is 8.55. The zero-order valence-corrected chi connectivity index (χ0v) is 27.1. The van der Waals surface area contributed by atoms with E-state index in [1.54, 1.807) is 0 Å². The van der Waals surface area contributed by atoms with Crippen molar-refractivity contribution in [3.63, 3.8) is 0 Å². The van der Waals surface area contributed by atoms with Crippen LogP contribution in [0.5, 0.6) is 23.0 Å². The van der Waals surface area contributed by atoms with Crippen LogP contribution in [0.25, 0.3) is 43.1 Å². The second-order valence-corrected chi connectivity index (χ2v) is 12.3. The number of hydrogen-bond donors (Lipinski definition) is 2. The molecule has 0 amide bonds. The van der Waals surface area contributed by atoms with Gasteiger partial charge in [-0.2, -0.15) is 0 Å². The van der Waals surface area contributed by atoms with Crippen LogP contribution in [-0.2, 0) is 0 Å². The van der Waals surface area contributed by atoms with Gasteiger partial charge in [0.15, 0.2) is 0 Å². The van der Waals surface area contributed by atoms with Crippen LogP contribution in [0.1, 0.15) is 11.1 Å². The maximum absolute atomic E-state index is 11.0. The Hall–Kier alpha value is -5.30. The van der Waals surface area contributed by atoms with Gasteiger partial charge in [-0.15, -0.1) is 0 Å². The van der Waals surface area contributed by atoms with Crippen molar-refractivity contribution in [1.82, 2.24) is 0 Å². The molecule has 7 aromatic carbocycles. The van der Waals surface area contributed by atoms with Crippen molar-refractivity contribution >= 4 is 43.1 Å². The van der Waals surface area contributed by atoms with Crippen LogP contribution >= 0.6 is 0 Å². The van der Waals surface area contributed by atoms with Gasteiger partial charge in [-0.05, 0) is 48.9 Å². The summed E-state index contributed by atoms with van der Waals surface area (Å²) < 4.78 is 24.9. The lowest BCUT2D eigenvalue weighted by molar-refractivity contribution is 0.0634. The maximum atomic E-state index is 11.0. The first-order chi connectivity index (χ1) is 23.4. The second kappa shape index (κ2) is 13.8. The number of ether oxygens (including phenoxy) is 4. The van der Waals surface area contributed by atoms with Crippen LogP contribution in [0.2, 0.25) is 0 Å². The minimum Gasteiger partial charge on any atom is -0.490 e. The van der Waals surface area contributed by atoms with Crippen LogP contribution in [0.3, 0.4) is 0 Å². The average Bonchev–Trinajstić information content (AvgIpc) is 3.11. The van der Waals surface area contributed by atoms with Gasteiger partial charge in [0, 0.05) is 32.3 Å². The summed E-state index contributed by atoms with van der Waals surface area (Å²) in [5, 5.41) is 29.5. The Morgan fingerprint density at radius 2 is 0.812 bits per heavy atom. The molecule has 6 nitrogen and oxygen atoms in total. The monoisotopic (exact) mass is 638 g/mol. The summed E-state index contributed by atoms with van der Waals surface area (Å²) >= 11 is 0. The molecule has 0 spiro atoms. The Morgan fingerprint density at radius 1 is 0.417 bits per heavy atom. The molecule has 0 aliphatic heterocycles. The molecule has 242 valence electrons. The van der Waals surface area contributed by atoms with E-state index in [1.807, 2.05) is 123 Å². The topological polar surface area (TPSA) is 77.4 Å².